The Hall–Kier alpha value is -3.22. The number of primary amides is 1. The van der Waals surface area contributed by atoms with E-state index in [0.29, 0.717) is 17.2 Å². The molecule has 0 aromatic heterocycles. The monoisotopic (exact) mass is 357 g/mol. The van der Waals surface area contributed by atoms with Crippen molar-refractivity contribution in [3.63, 3.8) is 0 Å². The van der Waals surface area contributed by atoms with Gasteiger partial charge in [0.2, 0.25) is 5.75 Å². The van der Waals surface area contributed by atoms with Gasteiger partial charge in [0.1, 0.15) is 0 Å². The van der Waals surface area contributed by atoms with Crippen LogP contribution in [0.25, 0.3) is 0 Å². The topological polar surface area (TPSA) is 95.2 Å². The van der Waals surface area contributed by atoms with Crippen molar-refractivity contribution in [3.8, 4) is 17.2 Å². The molecule has 0 aliphatic carbocycles. The molecule has 0 saturated heterocycles. The summed E-state index contributed by atoms with van der Waals surface area (Å²) in [4.78, 5) is 10.9. The molecule has 3 N–H and O–H groups in total. The molecule has 0 atom stereocenters. The molecule has 0 heterocycles. The molecule has 0 bridgehead atoms. The second kappa shape index (κ2) is 8.75. The van der Waals surface area contributed by atoms with Crippen molar-refractivity contribution in [2.45, 2.75) is 13.8 Å². The molecule has 7 heteroatoms. The van der Waals surface area contributed by atoms with E-state index in [9.17, 15) is 4.79 Å². The fourth-order valence-corrected chi connectivity index (χ4v) is 2.48. The number of hydrogen-bond acceptors (Lipinski definition) is 6. The van der Waals surface area contributed by atoms with Crippen LogP contribution >= 0.6 is 0 Å². The maximum atomic E-state index is 10.9. The predicted octanol–water partition coefficient (Wildman–Crippen LogP) is 2.63. The van der Waals surface area contributed by atoms with Gasteiger partial charge in [-0.25, -0.2) is 0 Å². The highest BCUT2D eigenvalue weighted by Gasteiger charge is 2.14. The molecule has 2 aromatic rings. The molecule has 0 fully saturated rings. The average molecular weight is 357 g/mol. The van der Waals surface area contributed by atoms with Gasteiger partial charge in [0.15, 0.2) is 18.1 Å². The Morgan fingerprint density at radius 1 is 1.08 bits per heavy atom. The number of ether oxygens (including phenoxy) is 3. The molecular weight excluding hydrogens is 334 g/mol. The molecule has 0 aliphatic rings. The quantitative estimate of drug-likeness (QED) is 0.559. The fourth-order valence-electron chi connectivity index (χ4n) is 2.48. The number of carbonyl (C=O) groups excluding carboxylic acids is 1. The van der Waals surface area contributed by atoms with Crippen molar-refractivity contribution in [1.82, 2.24) is 0 Å². The van der Waals surface area contributed by atoms with Gasteiger partial charge in [-0.05, 0) is 49.2 Å². The van der Waals surface area contributed by atoms with Gasteiger partial charge in [-0.2, -0.15) is 5.10 Å². The number of amides is 1. The number of benzene rings is 2. The van der Waals surface area contributed by atoms with Crippen molar-refractivity contribution >= 4 is 17.8 Å². The average Bonchev–Trinajstić information content (AvgIpc) is 2.58. The largest absolute Gasteiger partial charge is 0.493 e. The number of rotatable bonds is 8. The summed E-state index contributed by atoms with van der Waals surface area (Å²) >= 11 is 0. The number of hydrazone groups is 1. The molecule has 26 heavy (non-hydrogen) atoms. The van der Waals surface area contributed by atoms with Crippen molar-refractivity contribution in [1.29, 1.82) is 0 Å². The highest BCUT2D eigenvalue weighted by atomic mass is 16.5. The number of carbonyl (C=O) groups is 1. The third-order valence-corrected chi connectivity index (χ3v) is 3.47. The highest BCUT2D eigenvalue weighted by Crippen LogP contribution is 2.38. The van der Waals surface area contributed by atoms with E-state index in [0.717, 1.165) is 22.4 Å². The second-order valence-electron chi connectivity index (χ2n) is 5.76. The lowest BCUT2D eigenvalue weighted by atomic mass is 10.1. The third kappa shape index (κ3) is 5.14. The minimum absolute atomic E-state index is 0.269. The molecule has 0 radical (unpaired) electrons. The Kier molecular flexibility index (Phi) is 6.43. The van der Waals surface area contributed by atoms with Gasteiger partial charge >= 0.3 is 0 Å². The molecule has 1 amide bonds. The molecule has 0 saturated carbocycles. The van der Waals surface area contributed by atoms with Crippen LogP contribution in [0, 0.1) is 13.8 Å². The Labute approximate surface area is 152 Å². The standard InChI is InChI=1S/C19H23N3O4/c1-12-5-13(2)7-15(6-12)22-21-10-14-8-16(24-3)19(17(9-14)25-4)26-11-18(20)23/h5-10,22H,11H2,1-4H3,(H2,20,23)/b21-10-. The van der Waals surface area contributed by atoms with E-state index in [1.807, 2.05) is 26.0 Å². The van der Waals surface area contributed by atoms with Crippen LogP contribution in [-0.2, 0) is 4.79 Å². The fraction of sp³-hybridized carbons (Fsp3) is 0.263. The lowest BCUT2D eigenvalue weighted by molar-refractivity contribution is -0.119. The number of aryl methyl sites for hydroxylation is 2. The maximum Gasteiger partial charge on any atom is 0.255 e. The summed E-state index contributed by atoms with van der Waals surface area (Å²) in [6.07, 6.45) is 1.64. The van der Waals surface area contributed by atoms with Crippen molar-refractivity contribution in [2.75, 3.05) is 26.3 Å². The lowest BCUT2D eigenvalue weighted by Crippen LogP contribution is -2.20. The first-order valence-corrected chi connectivity index (χ1v) is 7.97. The van der Waals surface area contributed by atoms with Gasteiger partial charge < -0.3 is 19.9 Å². The molecule has 0 unspecified atom stereocenters. The predicted molar refractivity (Wildman–Crippen MR) is 101 cm³/mol. The second-order valence-corrected chi connectivity index (χ2v) is 5.76. The van der Waals surface area contributed by atoms with E-state index >= 15 is 0 Å². The van der Waals surface area contributed by atoms with Gasteiger partial charge in [0, 0.05) is 5.56 Å². The van der Waals surface area contributed by atoms with Gasteiger partial charge in [0.25, 0.3) is 5.91 Å². The van der Waals surface area contributed by atoms with Crippen LogP contribution in [0.5, 0.6) is 17.2 Å². The molecule has 2 aromatic carbocycles. The number of hydrogen-bond donors (Lipinski definition) is 2. The number of nitrogens with zero attached hydrogens (tertiary/aromatic N) is 1. The minimum Gasteiger partial charge on any atom is -0.493 e. The molecule has 0 spiro atoms. The molecule has 0 aliphatic heterocycles. The van der Waals surface area contributed by atoms with Crippen LogP contribution in [-0.4, -0.2) is 32.9 Å². The summed E-state index contributed by atoms with van der Waals surface area (Å²) in [5.74, 6) is 0.558. The van der Waals surface area contributed by atoms with E-state index in [-0.39, 0.29) is 6.61 Å². The third-order valence-electron chi connectivity index (χ3n) is 3.47. The van der Waals surface area contributed by atoms with Gasteiger partial charge in [0.05, 0.1) is 26.1 Å². The van der Waals surface area contributed by atoms with Crippen LogP contribution in [0.3, 0.4) is 0 Å². The summed E-state index contributed by atoms with van der Waals surface area (Å²) in [7, 11) is 3.00. The summed E-state index contributed by atoms with van der Waals surface area (Å²) in [6, 6.07) is 9.56. The SMILES string of the molecule is COc1cc(/C=N\Nc2cc(C)cc(C)c2)cc(OC)c1OCC(N)=O. The molecule has 7 nitrogen and oxygen atoms in total. The van der Waals surface area contributed by atoms with E-state index in [1.165, 1.54) is 14.2 Å². The first-order valence-electron chi connectivity index (χ1n) is 7.97. The Balaban J connectivity index is 2.22. The number of nitrogens with one attached hydrogen (secondary N) is 1. The number of methoxy groups -OCH3 is 2. The van der Waals surface area contributed by atoms with Gasteiger partial charge in [-0.1, -0.05) is 6.07 Å². The van der Waals surface area contributed by atoms with Crippen LogP contribution in [0.1, 0.15) is 16.7 Å². The van der Waals surface area contributed by atoms with Crippen molar-refractivity contribution in [2.24, 2.45) is 10.8 Å². The van der Waals surface area contributed by atoms with Crippen molar-refractivity contribution in [3.05, 3.63) is 47.0 Å². The van der Waals surface area contributed by atoms with Crippen LogP contribution < -0.4 is 25.4 Å². The van der Waals surface area contributed by atoms with E-state index in [1.54, 1.807) is 18.3 Å². The minimum atomic E-state index is -0.586. The smallest absolute Gasteiger partial charge is 0.255 e. The number of nitrogens with two attached hydrogens (primary N) is 1. The van der Waals surface area contributed by atoms with Crippen LogP contribution in [0.15, 0.2) is 35.4 Å². The zero-order valence-electron chi connectivity index (χ0n) is 15.3. The Bertz CT molecular complexity index is 773. The Morgan fingerprint density at radius 3 is 2.15 bits per heavy atom. The van der Waals surface area contributed by atoms with Crippen molar-refractivity contribution < 1.29 is 19.0 Å². The summed E-state index contributed by atoms with van der Waals surface area (Å²) < 4.78 is 16.0. The first-order chi connectivity index (χ1) is 12.4. The maximum absolute atomic E-state index is 10.9. The van der Waals surface area contributed by atoms with Gasteiger partial charge in [-0.15, -0.1) is 0 Å². The van der Waals surface area contributed by atoms with Crippen LogP contribution in [0.4, 0.5) is 5.69 Å². The first kappa shape index (κ1) is 19.1. The highest BCUT2D eigenvalue weighted by molar-refractivity contribution is 5.83. The normalized spacial score (nSPS) is 10.6. The van der Waals surface area contributed by atoms with E-state index < -0.39 is 5.91 Å². The van der Waals surface area contributed by atoms with Gasteiger partial charge in [-0.3, -0.25) is 10.2 Å². The lowest BCUT2D eigenvalue weighted by Gasteiger charge is -2.14. The summed E-state index contributed by atoms with van der Waals surface area (Å²) in [5, 5.41) is 4.25. The summed E-state index contributed by atoms with van der Waals surface area (Å²) in [6.45, 7) is 3.79. The van der Waals surface area contributed by atoms with E-state index in [2.05, 4.69) is 16.6 Å². The molecule has 138 valence electrons. The molecule has 2 rings (SSSR count). The number of anilines is 1. The zero-order chi connectivity index (χ0) is 19.1. The molecular formula is C19H23N3O4. The van der Waals surface area contributed by atoms with E-state index in [4.69, 9.17) is 19.9 Å². The zero-order valence-corrected chi connectivity index (χ0v) is 15.3. The summed E-state index contributed by atoms with van der Waals surface area (Å²) in [5.41, 5.74) is 12.1. The Morgan fingerprint density at radius 2 is 1.65 bits per heavy atom. The van der Waals surface area contributed by atoms with Crippen LogP contribution in [0.2, 0.25) is 0 Å².